The lowest BCUT2D eigenvalue weighted by Gasteiger charge is -2.46. The summed E-state index contributed by atoms with van der Waals surface area (Å²) in [5.74, 6) is 0. The van der Waals surface area contributed by atoms with Crippen molar-refractivity contribution in [1.82, 2.24) is 13.7 Å². The van der Waals surface area contributed by atoms with Gasteiger partial charge in [-0.25, -0.2) is 28.1 Å². The molecule has 4 rings (SSSR count). The van der Waals surface area contributed by atoms with E-state index >= 15 is 0 Å². The first-order valence-electron chi connectivity index (χ1n) is 14.7. The molecule has 0 aliphatic heterocycles. The Morgan fingerprint density at radius 3 is 1.11 bits per heavy atom. The molecule has 0 spiro atoms. The van der Waals surface area contributed by atoms with Crippen LogP contribution in [0.1, 0.15) is 152 Å². The predicted octanol–water partition coefficient (Wildman–Crippen LogP) is 6.87. The molecule has 3 saturated carbocycles. The zero-order chi connectivity index (χ0) is 27.8. The third-order valence-electron chi connectivity index (χ3n) is 9.58. The van der Waals surface area contributed by atoms with Crippen LogP contribution in [0.5, 0.6) is 0 Å². The van der Waals surface area contributed by atoms with Gasteiger partial charge in [-0.2, -0.15) is 0 Å². The summed E-state index contributed by atoms with van der Waals surface area (Å²) < 4.78 is 4.58. The third-order valence-corrected chi connectivity index (χ3v) is 9.58. The van der Waals surface area contributed by atoms with Crippen LogP contribution < -0.4 is 17.1 Å². The molecular formula is C31H53N3O3. The van der Waals surface area contributed by atoms with Crippen molar-refractivity contribution in [3.63, 3.8) is 0 Å². The summed E-state index contributed by atoms with van der Waals surface area (Å²) in [4.78, 5) is 42.8. The fraction of sp³-hybridized carbons (Fsp3) is 0.903. The maximum absolute atomic E-state index is 14.3. The van der Waals surface area contributed by atoms with Gasteiger partial charge < -0.3 is 0 Å². The zero-order valence-corrected chi connectivity index (χ0v) is 25.4. The van der Waals surface area contributed by atoms with Gasteiger partial charge in [0.05, 0.1) is 0 Å². The molecule has 3 aliphatic rings. The maximum Gasteiger partial charge on any atom is 0.336 e. The van der Waals surface area contributed by atoms with E-state index in [1.807, 2.05) is 0 Å². The average Bonchev–Trinajstić information content (AvgIpc) is 2.62. The second-order valence-electron chi connectivity index (χ2n) is 17.0. The Balaban J connectivity index is 1.96. The van der Waals surface area contributed by atoms with E-state index in [-0.39, 0.29) is 62.3 Å². The lowest BCUT2D eigenvalue weighted by molar-refractivity contribution is 0.0536. The number of rotatable bonds is 3. The van der Waals surface area contributed by atoms with Gasteiger partial charge >= 0.3 is 17.1 Å². The minimum absolute atomic E-state index is 0.0196. The molecule has 0 amide bonds. The summed E-state index contributed by atoms with van der Waals surface area (Å²) in [5.41, 5.74) is -0.971. The largest absolute Gasteiger partial charge is 0.336 e. The van der Waals surface area contributed by atoms with Gasteiger partial charge in [0, 0.05) is 18.1 Å². The SMILES string of the molecule is CC1(C)CCCC(n2c(=O)n(C3CC(C)(C)CC(C)(C)C3)c(=O)n(C3CC(C)(C)CC(C)(C)C3)c2=O)C1. The van der Waals surface area contributed by atoms with Crippen molar-refractivity contribution >= 4 is 0 Å². The topological polar surface area (TPSA) is 66.0 Å². The van der Waals surface area contributed by atoms with Crippen LogP contribution in [0.3, 0.4) is 0 Å². The molecule has 3 aliphatic carbocycles. The monoisotopic (exact) mass is 515 g/mol. The number of nitrogens with zero attached hydrogens (tertiary/aromatic N) is 3. The molecule has 1 atom stereocenters. The molecule has 1 aromatic heterocycles. The van der Waals surface area contributed by atoms with Crippen LogP contribution in [0.15, 0.2) is 14.4 Å². The van der Waals surface area contributed by atoms with Gasteiger partial charge in [-0.3, -0.25) is 0 Å². The lowest BCUT2D eigenvalue weighted by Crippen LogP contribution is -2.59. The molecule has 0 saturated heterocycles. The van der Waals surface area contributed by atoms with E-state index in [0.717, 1.165) is 64.2 Å². The number of hydrogen-bond donors (Lipinski definition) is 0. The van der Waals surface area contributed by atoms with Crippen molar-refractivity contribution in [2.24, 2.45) is 27.1 Å². The summed E-state index contributed by atoms with van der Waals surface area (Å²) in [6, 6.07) is -0.549. The van der Waals surface area contributed by atoms with Crippen LogP contribution in [0, 0.1) is 27.1 Å². The average molecular weight is 516 g/mol. The van der Waals surface area contributed by atoms with Crippen molar-refractivity contribution in [1.29, 1.82) is 0 Å². The lowest BCUT2D eigenvalue weighted by atomic mass is 9.63. The first kappa shape index (κ1) is 28.4. The molecule has 1 heterocycles. The molecule has 6 heteroatoms. The number of hydrogen-bond acceptors (Lipinski definition) is 3. The van der Waals surface area contributed by atoms with Crippen molar-refractivity contribution in [3.05, 3.63) is 31.5 Å². The summed E-state index contributed by atoms with van der Waals surface area (Å²) in [7, 11) is 0. The molecule has 210 valence electrons. The molecule has 0 bridgehead atoms. The Bertz CT molecular complexity index is 1100. The van der Waals surface area contributed by atoms with Crippen LogP contribution in [-0.2, 0) is 0 Å². The van der Waals surface area contributed by atoms with Gasteiger partial charge in [0.25, 0.3) is 0 Å². The van der Waals surface area contributed by atoms with Crippen LogP contribution in [0.25, 0.3) is 0 Å². The van der Waals surface area contributed by atoms with Crippen LogP contribution in [-0.4, -0.2) is 13.7 Å². The van der Waals surface area contributed by atoms with Gasteiger partial charge in [-0.15, -0.1) is 0 Å². The standard InChI is InChI=1S/C31H53N3O3/c1-27(2)13-11-12-21(14-27)32-24(35)33(22-15-28(3,4)19-29(5,6)16-22)26(37)34(25(32)36)23-17-30(7,8)20-31(9,10)18-23/h21-23H,11-20H2,1-10H3. The molecule has 3 fully saturated rings. The third kappa shape index (κ3) is 5.88. The molecule has 1 aromatic rings. The minimum Gasteiger partial charge on any atom is -0.247 e. The van der Waals surface area contributed by atoms with Gasteiger partial charge in [0.15, 0.2) is 0 Å². The Kier molecular flexibility index (Phi) is 6.90. The van der Waals surface area contributed by atoms with E-state index in [4.69, 9.17) is 0 Å². The summed E-state index contributed by atoms with van der Waals surface area (Å²) in [6.07, 6.45) is 8.94. The van der Waals surface area contributed by atoms with Gasteiger partial charge in [0.2, 0.25) is 0 Å². The molecule has 1 unspecified atom stereocenters. The molecule has 0 N–H and O–H groups in total. The fourth-order valence-electron chi connectivity index (χ4n) is 9.35. The van der Waals surface area contributed by atoms with Crippen LogP contribution in [0.2, 0.25) is 0 Å². The highest BCUT2D eigenvalue weighted by Gasteiger charge is 2.44. The molecule has 6 nitrogen and oxygen atoms in total. The highest BCUT2D eigenvalue weighted by molar-refractivity contribution is 4.99. The predicted molar refractivity (Wildman–Crippen MR) is 151 cm³/mol. The maximum atomic E-state index is 14.3. The smallest absolute Gasteiger partial charge is 0.247 e. The van der Waals surface area contributed by atoms with E-state index in [9.17, 15) is 14.4 Å². The van der Waals surface area contributed by atoms with E-state index in [2.05, 4.69) is 69.2 Å². The molecular weight excluding hydrogens is 462 g/mol. The molecule has 0 aromatic carbocycles. The summed E-state index contributed by atoms with van der Waals surface area (Å²) in [5, 5.41) is 0. The van der Waals surface area contributed by atoms with Gasteiger partial charge in [-0.1, -0.05) is 75.7 Å². The van der Waals surface area contributed by atoms with E-state index in [0.29, 0.717) is 0 Å². The highest BCUT2D eigenvalue weighted by Crippen LogP contribution is 2.51. The van der Waals surface area contributed by atoms with Crippen LogP contribution in [0.4, 0.5) is 0 Å². The second kappa shape index (κ2) is 8.98. The molecule has 0 radical (unpaired) electrons. The van der Waals surface area contributed by atoms with E-state index in [1.165, 1.54) is 13.7 Å². The fourth-order valence-corrected chi connectivity index (χ4v) is 9.35. The summed E-state index contributed by atoms with van der Waals surface area (Å²) >= 11 is 0. The van der Waals surface area contributed by atoms with Crippen LogP contribution >= 0.6 is 0 Å². The van der Waals surface area contributed by atoms with Crippen molar-refractivity contribution in [3.8, 4) is 0 Å². The van der Waals surface area contributed by atoms with E-state index < -0.39 is 0 Å². The first-order chi connectivity index (χ1) is 16.7. The van der Waals surface area contributed by atoms with Crippen molar-refractivity contribution in [2.45, 2.75) is 152 Å². The molecule has 37 heavy (non-hydrogen) atoms. The first-order valence-corrected chi connectivity index (χ1v) is 14.7. The Labute approximate surface area is 223 Å². The Morgan fingerprint density at radius 2 is 0.784 bits per heavy atom. The second-order valence-corrected chi connectivity index (χ2v) is 17.0. The zero-order valence-electron chi connectivity index (χ0n) is 25.4. The minimum atomic E-state index is -0.377. The quantitative estimate of drug-likeness (QED) is 0.441. The Morgan fingerprint density at radius 1 is 0.486 bits per heavy atom. The Hall–Kier alpha value is -1.59. The van der Waals surface area contributed by atoms with Crippen molar-refractivity contribution in [2.75, 3.05) is 0 Å². The van der Waals surface area contributed by atoms with E-state index in [1.54, 1.807) is 0 Å². The normalized spacial score (nSPS) is 29.2. The summed E-state index contributed by atoms with van der Waals surface area (Å²) in [6.45, 7) is 22.4. The number of aromatic nitrogens is 3. The highest BCUT2D eigenvalue weighted by atomic mass is 16.2. The van der Waals surface area contributed by atoms with Gasteiger partial charge in [0.1, 0.15) is 0 Å². The van der Waals surface area contributed by atoms with Crippen molar-refractivity contribution < 1.29 is 0 Å². The van der Waals surface area contributed by atoms with Gasteiger partial charge in [-0.05, 0) is 84.9 Å².